The number of fused-ring (bicyclic) bond motifs is 3. The number of furan rings is 1. The molecule has 0 radical (unpaired) electrons. The molecule has 0 N–H and O–H groups in total. The fraction of sp³-hybridized carbons (Fsp3) is 0.360. The van der Waals surface area contributed by atoms with Crippen LogP contribution in [0.2, 0.25) is 0 Å². The summed E-state index contributed by atoms with van der Waals surface area (Å²) in [5.74, 6) is 1.45. The monoisotopic (exact) mass is 357 g/mol. The largest absolute Gasteiger partial charge is 0.464 e. The molecular formula is C25H27NO. The van der Waals surface area contributed by atoms with E-state index in [-0.39, 0.29) is 0 Å². The highest BCUT2D eigenvalue weighted by molar-refractivity contribution is 5.81. The summed E-state index contributed by atoms with van der Waals surface area (Å²) in [6.07, 6.45) is 10.5. The van der Waals surface area contributed by atoms with Gasteiger partial charge in [-0.1, -0.05) is 54.1 Å². The Balaban J connectivity index is 1.30. The molecule has 3 atom stereocenters. The molecule has 2 heteroatoms. The third-order valence-electron chi connectivity index (χ3n) is 6.38. The van der Waals surface area contributed by atoms with Crippen LogP contribution in [0, 0.1) is 18.8 Å². The van der Waals surface area contributed by atoms with Gasteiger partial charge in [-0.15, -0.1) is 0 Å². The van der Waals surface area contributed by atoms with Crippen molar-refractivity contribution in [1.82, 2.24) is 4.90 Å². The number of nitrogens with zero attached hydrogens (tertiary/aromatic N) is 1. The first-order valence-electron chi connectivity index (χ1n) is 10.2. The minimum absolute atomic E-state index is 0.579. The molecule has 1 saturated heterocycles. The maximum atomic E-state index is 5.77. The molecule has 2 nitrogen and oxygen atoms in total. The highest BCUT2D eigenvalue weighted by Gasteiger charge is 2.37. The normalized spacial score (nSPS) is 24.7. The predicted molar refractivity (Wildman–Crippen MR) is 111 cm³/mol. The van der Waals surface area contributed by atoms with Crippen molar-refractivity contribution in [2.45, 2.75) is 32.2 Å². The molecule has 2 aromatic carbocycles. The lowest BCUT2D eigenvalue weighted by Gasteiger charge is -2.46. The van der Waals surface area contributed by atoms with Crippen LogP contribution in [-0.2, 0) is 12.8 Å². The fourth-order valence-electron chi connectivity index (χ4n) is 5.03. The topological polar surface area (TPSA) is 16.4 Å². The Morgan fingerprint density at radius 1 is 1.07 bits per heavy atom. The van der Waals surface area contributed by atoms with Crippen molar-refractivity contribution in [3.63, 3.8) is 0 Å². The zero-order chi connectivity index (χ0) is 18.2. The van der Waals surface area contributed by atoms with E-state index in [1.165, 1.54) is 41.5 Å². The first-order valence-corrected chi connectivity index (χ1v) is 10.2. The Morgan fingerprint density at radius 3 is 2.81 bits per heavy atom. The van der Waals surface area contributed by atoms with Crippen LogP contribution in [0.25, 0.3) is 11.0 Å². The first-order chi connectivity index (χ1) is 13.3. The van der Waals surface area contributed by atoms with E-state index in [0.717, 1.165) is 24.5 Å². The van der Waals surface area contributed by atoms with Gasteiger partial charge in [-0.3, -0.25) is 4.90 Å². The zero-order valence-corrected chi connectivity index (χ0v) is 16.0. The van der Waals surface area contributed by atoms with E-state index in [4.69, 9.17) is 4.42 Å². The van der Waals surface area contributed by atoms with Gasteiger partial charge < -0.3 is 4.42 Å². The molecule has 3 aliphatic rings. The van der Waals surface area contributed by atoms with Crippen molar-refractivity contribution in [2.24, 2.45) is 11.8 Å². The minimum Gasteiger partial charge on any atom is -0.464 e. The van der Waals surface area contributed by atoms with Crippen molar-refractivity contribution in [1.29, 1.82) is 0 Å². The lowest BCUT2D eigenvalue weighted by atomic mass is 9.75. The first kappa shape index (κ1) is 16.8. The van der Waals surface area contributed by atoms with Gasteiger partial charge in [0.1, 0.15) is 5.58 Å². The molecule has 3 aromatic rings. The Bertz CT molecular complexity index is 955. The molecule has 138 valence electrons. The summed E-state index contributed by atoms with van der Waals surface area (Å²) in [7, 11) is 0. The van der Waals surface area contributed by atoms with E-state index in [9.17, 15) is 0 Å². The van der Waals surface area contributed by atoms with Crippen LogP contribution in [0.4, 0.5) is 0 Å². The van der Waals surface area contributed by atoms with Crippen LogP contribution in [0.15, 0.2) is 71.4 Å². The van der Waals surface area contributed by atoms with Gasteiger partial charge in [-0.25, -0.2) is 0 Å². The lowest BCUT2D eigenvalue weighted by molar-refractivity contribution is 0.0845. The Kier molecular flexibility index (Phi) is 4.37. The summed E-state index contributed by atoms with van der Waals surface area (Å²) in [5, 5.41) is 1.29. The number of hydrogen-bond acceptors (Lipinski definition) is 2. The molecule has 0 saturated carbocycles. The smallest absolute Gasteiger partial charge is 0.134 e. The maximum Gasteiger partial charge on any atom is 0.134 e. The summed E-state index contributed by atoms with van der Waals surface area (Å²) in [5.41, 5.74) is 5.13. The molecule has 1 aliphatic carbocycles. The van der Waals surface area contributed by atoms with Crippen molar-refractivity contribution >= 4 is 11.0 Å². The Morgan fingerprint density at radius 2 is 1.96 bits per heavy atom. The number of hydrogen-bond donors (Lipinski definition) is 0. The average Bonchev–Trinajstić information content (AvgIpc) is 3.10. The third kappa shape index (κ3) is 3.35. The SMILES string of the molecule is Cc1ccc2occ(CCN3CC4C=CC3C(Cc3ccccc3)C4)c2c1. The molecule has 27 heavy (non-hydrogen) atoms. The Labute approximate surface area is 161 Å². The number of benzene rings is 2. The van der Waals surface area contributed by atoms with Crippen LogP contribution in [-0.4, -0.2) is 24.0 Å². The van der Waals surface area contributed by atoms with Crippen LogP contribution >= 0.6 is 0 Å². The molecule has 1 fully saturated rings. The van der Waals surface area contributed by atoms with Gasteiger partial charge in [-0.2, -0.15) is 0 Å². The summed E-state index contributed by atoms with van der Waals surface area (Å²) < 4.78 is 5.77. The second-order valence-electron chi connectivity index (χ2n) is 8.33. The highest BCUT2D eigenvalue weighted by Crippen LogP contribution is 2.36. The van der Waals surface area contributed by atoms with Crippen molar-refractivity contribution in [2.75, 3.05) is 13.1 Å². The average molecular weight is 357 g/mol. The summed E-state index contributed by atoms with van der Waals surface area (Å²) in [6, 6.07) is 18.0. The number of rotatable bonds is 5. The van der Waals surface area contributed by atoms with E-state index < -0.39 is 0 Å². The standard InChI is InChI=1S/C25H27NO/c1-18-7-10-25-23(13-18)21(17-27-25)11-12-26-16-20-8-9-24(26)22(15-20)14-19-5-3-2-4-6-19/h2-10,13,17,20,22,24H,11-12,14-16H2,1H3. The van der Waals surface area contributed by atoms with E-state index in [2.05, 4.69) is 72.5 Å². The van der Waals surface area contributed by atoms with E-state index in [1.807, 2.05) is 6.26 Å². The van der Waals surface area contributed by atoms with E-state index >= 15 is 0 Å². The van der Waals surface area contributed by atoms with Gasteiger partial charge in [-0.05, 0) is 61.3 Å². The lowest BCUT2D eigenvalue weighted by Crippen LogP contribution is -2.51. The predicted octanol–water partition coefficient (Wildman–Crippen LogP) is 5.40. The van der Waals surface area contributed by atoms with Crippen LogP contribution in [0.3, 0.4) is 0 Å². The van der Waals surface area contributed by atoms with Crippen molar-refractivity contribution < 1.29 is 4.42 Å². The van der Waals surface area contributed by atoms with E-state index in [1.54, 1.807) is 0 Å². The summed E-state index contributed by atoms with van der Waals surface area (Å²) in [4.78, 5) is 2.70. The third-order valence-corrected chi connectivity index (χ3v) is 6.38. The molecule has 6 rings (SSSR count). The van der Waals surface area contributed by atoms with Gasteiger partial charge in [0.2, 0.25) is 0 Å². The fourth-order valence-corrected chi connectivity index (χ4v) is 5.03. The van der Waals surface area contributed by atoms with Crippen LogP contribution in [0.1, 0.15) is 23.1 Å². The van der Waals surface area contributed by atoms with Crippen molar-refractivity contribution in [3.8, 4) is 0 Å². The van der Waals surface area contributed by atoms with Crippen molar-refractivity contribution in [3.05, 3.63) is 83.6 Å². The maximum absolute atomic E-state index is 5.77. The second kappa shape index (κ2) is 7.01. The van der Waals surface area contributed by atoms with Gasteiger partial charge in [0.05, 0.1) is 6.26 Å². The molecule has 0 spiro atoms. The number of aryl methyl sites for hydroxylation is 1. The van der Waals surface area contributed by atoms with Gasteiger partial charge in [0.25, 0.3) is 0 Å². The zero-order valence-electron chi connectivity index (χ0n) is 16.0. The highest BCUT2D eigenvalue weighted by atomic mass is 16.3. The van der Waals surface area contributed by atoms with Crippen LogP contribution < -0.4 is 0 Å². The van der Waals surface area contributed by atoms with Gasteiger partial charge >= 0.3 is 0 Å². The van der Waals surface area contributed by atoms with Gasteiger partial charge in [0, 0.05) is 24.5 Å². The molecule has 3 unspecified atom stereocenters. The molecule has 0 amide bonds. The molecule has 2 aliphatic heterocycles. The summed E-state index contributed by atoms with van der Waals surface area (Å²) in [6.45, 7) is 4.47. The van der Waals surface area contributed by atoms with Gasteiger partial charge in [0.15, 0.2) is 0 Å². The molecular weight excluding hydrogens is 330 g/mol. The molecule has 3 heterocycles. The summed E-state index contributed by atoms with van der Waals surface area (Å²) >= 11 is 0. The molecule has 1 aromatic heterocycles. The second-order valence-corrected chi connectivity index (χ2v) is 8.33. The van der Waals surface area contributed by atoms with E-state index in [0.29, 0.717) is 12.0 Å². The minimum atomic E-state index is 0.579. The van der Waals surface area contributed by atoms with Crippen LogP contribution in [0.5, 0.6) is 0 Å². The quantitative estimate of drug-likeness (QED) is 0.568. The Hall–Kier alpha value is -2.32. The number of piperidine rings is 1. The molecule has 2 bridgehead atoms.